The van der Waals surface area contributed by atoms with Crippen molar-refractivity contribution in [3.63, 3.8) is 0 Å². The highest BCUT2D eigenvalue weighted by atomic mass is 79.9. The molecular formula is C15H19BrFNO2. The van der Waals surface area contributed by atoms with Crippen molar-refractivity contribution in [2.24, 2.45) is 0 Å². The summed E-state index contributed by atoms with van der Waals surface area (Å²) in [6, 6.07) is 4.63. The van der Waals surface area contributed by atoms with Gasteiger partial charge in [-0.2, -0.15) is 0 Å². The molecule has 1 aliphatic carbocycles. The van der Waals surface area contributed by atoms with Crippen LogP contribution in [0.15, 0.2) is 18.2 Å². The fourth-order valence-corrected chi connectivity index (χ4v) is 2.92. The highest BCUT2D eigenvalue weighted by molar-refractivity contribution is 9.07. The van der Waals surface area contributed by atoms with Crippen LogP contribution in [0, 0.1) is 5.82 Å². The van der Waals surface area contributed by atoms with E-state index in [0.29, 0.717) is 0 Å². The van der Waals surface area contributed by atoms with Crippen molar-refractivity contribution in [1.82, 2.24) is 3.93 Å². The molecule has 5 heteroatoms. The second kappa shape index (κ2) is 5.72. The number of benzene rings is 1. The lowest BCUT2D eigenvalue weighted by atomic mass is 9.88. The molecule has 0 spiro atoms. The molecule has 1 aromatic carbocycles. The van der Waals surface area contributed by atoms with Crippen LogP contribution in [0.5, 0.6) is 0 Å². The maximum atomic E-state index is 13.3. The first-order chi connectivity index (χ1) is 9.28. The molecular weight excluding hydrogens is 325 g/mol. The number of amides is 1. The van der Waals surface area contributed by atoms with Crippen LogP contribution in [0.25, 0.3) is 0 Å². The van der Waals surface area contributed by atoms with Crippen molar-refractivity contribution < 1.29 is 13.9 Å². The van der Waals surface area contributed by atoms with Crippen molar-refractivity contribution in [2.75, 3.05) is 0 Å². The minimum atomic E-state index is -0.538. The van der Waals surface area contributed by atoms with Crippen molar-refractivity contribution in [3.8, 4) is 0 Å². The molecule has 1 unspecified atom stereocenters. The summed E-state index contributed by atoms with van der Waals surface area (Å²) in [7, 11) is 0. The van der Waals surface area contributed by atoms with Crippen molar-refractivity contribution >= 4 is 22.2 Å². The molecule has 1 amide bonds. The van der Waals surface area contributed by atoms with Gasteiger partial charge in [-0.15, -0.1) is 0 Å². The summed E-state index contributed by atoms with van der Waals surface area (Å²) in [5, 5.41) is 0. The van der Waals surface area contributed by atoms with Crippen LogP contribution in [-0.4, -0.2) is 15.6 Å². The Bertz CT molecular complexity index is 513. The van der Waals surface area contributed by atoms with E-state index in [0.717, 1.165) is 30.4 Å². The summed E-state index contributed by atoms with van der Waals surface area (Å²) < 4.78 is 20.1. The van der Waals surface area contributed by atoms with Gasteiger partial charge in [0.2, 0.25) is 0 Å². The minimum absolute atomic E-state index is 0.116. The fraction of sp³-hybridized carbons (Fsp3) is 0.533. The van der Waals surface area contributed by atoms with E-state index >= 15 is 0 Å². The molecule has 1 aliphatic rings. The number of halogens is 2. The van der Waals surface area contributed by atoms with Crippen molar-refractivity contribution in [2.45, 2.75) is 51.7 Å². The predicted octanol–water partition coefficient (Wildman–Crippen LogP) is 4.75. The van der Waals surface area contributed by atoms with Gasteiger partial charge in [-0.1, -0.05) is 6.07 Å². The van der Waals surface area contributed by atoms with Gasteiger partial charge in [0, 0.05) is 0 Å². The molecule has 1 aromatic rings. The van der Waals surface area contributed by atoms with Crippen LogP contribution in [0.2, 0.25) is 0 Å². The van der Waals surface area contributed by atoms with Crippen LogP contribution in [-0.2, 0) is 11.2 Å². The molecule has 0 N–H and O–H groups in total. The Morgan fingerprint density at radius 3 is 2.80 bits per heavy atom. The van der Waals surface area contributed by atoms with Gasteiger partial charge >= 0.3 is 6.09 Å². The highest BCUT2D eigenvalue weighted by Gasteiger charge is 2.31. The minimum Gasteiger partial charge on any atom is -0.443 e. The molecule has 0 saturated carbocycles. The first kappa shape index (κ1) is 15.3. The Morgan fingerprint density at radius 1 is 1.45 bits per heavy atom. The maximum absolute atomic E-state index is 13.3. The van der Waals surface area contributed by atoms with Crippen LogP contribution in [0.3, 0.4) is 0 Å². The lowest BCUT2D eigenvalue weighted by Gasteiger charge is -2.32. The summed E-state index contributed by atoms with van der Waals surface area (Å²) in [6.07, 6.45) is 2.19. The predicted molar refractivity (Wildman–Crippen MR) is 79.1 cm³/mol. The lowest BCUT2D eigenvalue weighted by Crippen LogP contribution is -2.34. The third kappa shape index (κ3) is 3.51. The molecule has 0 bridgehead atoms. The van der Waals surface area contributed by atoms with E-state index in [-0.39, 0.29) is 11.9 Å². The standard InChI is InChI=1S/C15H19BrFNO2/c1-15(2,3)20-14(19)18(16)13-6-4-5-10-9-11(17)7-8-12(10)13/h7-9,13H,4-6H2,1-3H3. The number of nitrogens with zero attached hydrogens (tertiary/aromatic N) is 1. The van der Waals surface area contributed by atoms with Gasteiger partial charge in [0.1, 0.15) is 11.4 Å². The van der Waals surface area contributed by atoms with Crippen LogP contribution < -0.4 is 0 Å². The van der Waals surface area contributed by atoms with Gasteiger partial charge in [0.15, 0.2) is 0 Å². The number of fused-ring (bicyclic) bond motifs is 1. The first-order valence-corrected chi connectivity index (χ1v) is 7.45. The number of aryl methyl sites for hydroxylation is 1. The summed E-state index contributed by atoms with van der Waals surface area (Å²) >= 11 is 3.31. The summed E-state index contributed by atoms with van der Waals surface area (Å²) in [5.41, 5.74) is 1.42. The van der Waals surface area contributed by atoms with E-state index < -0.39 is 11.7 Å². The summed E-state index contributed by atoms with van der Waals surface area (Å²) in [5.74, 6) is -0.234. The first-order valence-electron chi connectivity index (χ1n) is 6.74. The molecule has 1 atom stereocenters. The fourth-order valence-electron chi connectivity index (χ4n) is 2.43. The third-order valence-electron chi connectivity index (χ3n) is 3.23. The number of rotatable bonds is 1. The molecule has 3 nitrogen and oxygen atoms in total. The third-order valence-corrected chi connectivity index (χ3v) is 4.01. The van der Waals surface area contributed by atoms with Gasteiger partial charge in [0.05, 0.1) is 22.2 Å². The average Bonchev–Trinajstić information content (AvgIpc) is 2.34. The van der Waals surface area contributed by atoms with E-state index in [9.17, 15) is 9.18 Å². The highest BCUT2D eigenvalue weighted by Crippen LogP contribution is 2.37. The SMILES string of the molecule is CC(C)(C)OC(=O)N(Br)C1CCCc2cc(F)ccc21. The van der Waals surface area contributed by atoms with E-state index in [4.69, 9.17) is 4.74 Å². The normalized spacial score (nSPS) is 18.4. The van der Waals surface area contributed by atoms with Gasteiger partial charge in [-0.05, 0) is 63.3 Å². The quantitative estimate of drug-likeness (QED) is 0.688. The van der Waals surface area contributed by atoms with E-state index in [1.807, 2.05) is 20.8 Å². The largest absolute Gasteiger partial charge is 0.443 e. The zero-order chi connectivity index (χ0) is 14.9. The van der Waals surface area contributed by atoms with Gasteiger partial charge in [0.25, 0.3) is 0 Å². The monoisotopic (exact) mass is 343 g/mol. The molecule has 20 heavy (non-hydrogen) atoms. The average molecular weight is 344 g/mol. The van der Waals surface area contributed by atoms with Crippen LogP contribution in [0.4, 0.5) is 9.18 Å². The van der Waals surface area contributed by atoms with Crippen molar-refractivity contribution in [1.29, 1.82) is 0 Å². The Kier molecular flexibility index (Phi) is 4.37. The molecule has 0 heterocycles. The van der Waals surface area contributed by atoms with E-state index in [1.54, 1.807) is 12.1 Å². The molecule has 0 aliphatic heterocycles. The number of hydrogen-bond acceptors (Lipinski definition) is 2. The van der Waals surface area contributed by atoms with Crippen LogP contribution >= 0.6 is 16.1 Å². The van der Waals surface area contributed by atoms with Gasteiger partial charge in [-0.25, -0.2) is 13.1 Å². The molecule has 0 radical (unpaired) electrons. The zero-order valence-corrected chi connectivity index (χ0v) is 13.5. The maximum Gasteiger partial charge on any atom is 0.420 e. The zero-order valence-electron chi connectivity index (χ0n) is 12.0. The van der Waals surface area contributed by atoms with E-state index in [1.165, 1.54) is 9.99 Å². The summed E-state index contributed by atoms with van der Waals surface area (Å²) in [6.45, 7) is 5.49. The number of ether oxygens (including phenoxy) is 1. The van der Waals surface area contributed by atoms with Crippen LogP contribution in [0.1, 0.15) is 50.8 Å². The Balaban J connectivity index is 2.20. The molecule has 0 aromatic heterocycles. The van der Waals surface area contributed by atoms with E-state index in [2.05, 4.69) is 16.1 Å². The number of hydrogen-bond donors (Lipinski definition) is 0. The molecule has 0 fully saturated rings. The topological polar surface area (TPSA) is 29.5 Å². The Morgan fingerprint density at radius 2 is 2.15 bits per heavy atom. The molecule has 2 rings (SSSR count). The second-order valence-corrected chi connectivity index (χ2v) is 6.81. The number of carbonyl (C=O) groups is 1. The Hall–Kier alpha value is -1.10. The van der Waals surface area contributed by atoms with Gasteiger partial charge < -0.3 is 4.74 Å². The second-order valence-electron chi connectivity index (χ2n) is 6.04. The number of carbonyl (C=O) groups excluding carboxylic acids is 1. The smallest absolute Gasteiger partial charge is 0.420 e. The lowest BCUT2D eigenvalue weighted by molar-refractivity contribution is 0.0357. The Labute approximate surface area is 127 Å². The van der Waals surface area contributed by atoms with Crippen molar-refractivity contribution in [3.05, 3.63) is 35.1 Å². The summed E-state index contributed by atoms with van der Waals surface area (Å²) in [4.78, 5) is 12.1. The molecule has 0 saturated heterocycles. The molecule has 110 valence electrons. The van der Waals surface area contributed by atoms with Gasteiger partial charge in [-0.3, -0.25) is 0 Å².